The maximum Gasteiger partial charge on any atom is 0.0483 e. The predicted molar refractivity (Wildman–Crippen MR) is 67.2 cm³/mol. The van der Waals surface area contributed by atoms with Gasteiger partial charge in [-0.2, -0.15) is 0 Å². The Labute approximate surface area is 100 Å². The van der Waals surface area contributed by atoms with Crippen molar-refractivity contribution in [3.8, 4) is 0 Å². The molecule has 0 aromatic heterocycles. The van der Waals surface area contributed by atoms with Crippen molar-refractivity contribution in [1.82, 2.24) is 0 Å². The van der Waals surface area contributed by atoms with Gasteiger partial charge in [-0.25, -0.2) is 0 Å². The second kappa shape index (κ2) is 7.29. The molecule has 1 unspecified atom stereocenters. The summed E-state index contributed by atoms with van der Waals surface area (Å²) in [4.78, 5) is 0. The van der Waals surface area contributed by atoms with Gasteiger partial charge in [0, 0.05) is 19.1 Å². The summed E-state index contributed by atoms with van der Waals surface area (Å²) in [6.07, 6.45) is 7.98. The molecule has 2 N–H and O–H groups in total. The zero-order valence-corrected chi connectivity index (χ0v) is 10.9. The Morgan fingerprint density at radius 1 is 1.06 bits per heavy atom. The zero-order chi connectivity index (χ0) is 12.0. The van der Waals surface area contributed by atoms with Crippen LogP contribution < -0.4 is 0 Å². The molecule has 0 amide bonds. The fraction of sp³-hybridized carbons (Fsp3) is 1.00. The van der Waals surface area contributed by atoms with Crippen molar-refractivity contribution in [2.24, 2.45) is 23.7 Å². The summed E-state index contributed by atoms with van der Waals surface area (Å²) in [5.41, 5.74) is 0. The van der Waals surface area contributed by atoms with Gasteiger partial charge in [-0.05, 0) is 30.6 Å². The normalized spacial score (nSPS) is 28.3. The van der Waals surface area contributed by atoms with Crippen LogP contribution >= 0.6 is 0 Å². The third-order valence-corrected chi connectivity index (χ3v) is 4.54. The lowest BCUT2D eigenvalue weighted by atomic mass is 9.72. The molecule has 1 saturated carbocycles. The van der Waals surface area contributed by atoms with Crippen LogP contribution in [0.4, 0.5) is 0 Å². The van der Waals surface area contributed by atoms with Crippen molar-refractivity contribution in [3.63, 3.8) is 0 Å². The first-order chi connectivity index (χ1) is 7.72. The van der Waals surface area contributed by atoms with Gasteiger partial charge >= 0.3 is 0 Å². The fourth-order valence-electron chi connectivity index (χ4n) is 3.19. The lowest BCUT2D eigenvalue weighted by molar-refractivity contribution is 0.0686. The van der Waals surface area contributed by atoms with Gasteiger partial charge in [0.25, 0.3) is 0 Å². The summed E-state index contributed by atoms with van der Waals surface area (Å²) in [6, 6.07) is 0. The van der Waals surface area contributed by atoms with Gasteiger partial charge in [0.2, 0.25) is 0 Å². The van der Waals surface area contributed by atoms with Crippen LogP contribution in [0.25, 0.3) is 0 Å². The molecule has 1 fully saturated rings. The minimum absolute atomic E-state index is 0.0905. The van der Waals surface area contributed by atoms with Crippen LogP contribution in [-0.2, 0) is 0 Å². The van der Waals surface area contributed by atoms with E-state index < -0.39 is 0 Å². The summed E-state index contributed by atoms with van der Waals surface area (Å²) < 4.78 is 0. The lowest BCUT2D eigenvalue weighted by Gasteiger charge is -2.35. The van der Waals surface area contributed by atoms with E-state index in [-0.39, 0.29) is 19.1 Å². The average Bonchev–Trinajstić information content (AvgIpc) is 2.32. The van der Waals surface area contributed by atoms with E-state index >= 15 is 0 Å². The molecule has 0 radical (unpaired) electrons. The van der Waals surface area contributed by atoms with E-state index in [4.69, 9.17) is 0 Å². The molecule has 2 nitrogen and oxygen atoms in total. The highest BCUT2D eigenvalue weighted by Crippen LogP contribution is 2.37. The van der Waals surface area contributed by atoms with Crippen molar-refractivity contribution in [3.05, 3.63) is 0 Å². The van der Waals surface area contributed by atoms with Gasteiger partial charge in [0.05, 0.1) is 0 Å². The molecule has 1 aliphatic rings. The van der Waals surface area contributed by atoms with Gasteiger partial charge in [-0.15, -0.1) is 0 Å². The third-order valence-electron chi connectivity index (χ3n) is 4.54. The van der Waals surface area contributed by atoms with Gasteiger partial charge in [-0.1, -0.05) is 39.5 Å². The predicted octanol–water partition coefficient (Wildman–Crippen LogP) is 2.83. The monoisotopic (exact) mass is 228 g/mol. The van der Waals surface area contributed by atoms with Crippen LogP contribution in [-0.4, -0.2) is 23.4 Å². The number of rotatable bonds is 6. The Hall–Kier alpha value is -0.0800. The van der Waals surface area contributed by atoms with Crippen LogP contribution in [0, 0.1) is 23.7 Å². The van der Waals surface area contributed by atoms with E-state index in [2.05, 4.69) is 13.8 Å². The van der Waals surface area contributed by atoms with Gasteiger partial charge in [-0.3, -0.25) is 0 Å². The van der Waals surface area contributed by atoms with Crippen molar-refractivity contribution < 1.29 is 10.2 Å². The molecule has 1 rings (SSSR count). The van der Waals surface area contributed by atoms with Crippen LogP contribution in [0.3, 0.4) is 0 Å². The Morgan fingerprint density at radius 3 is 2.06 bits per heavy atom. The Kier molecular flexibility index (Phi) is 6.37. The van der Waals surface area contributed by atoms with E-state index in [1.807, 2.05) is 0 Å². The highest BCUT2D eigenvalue weighted by molar-refractivity contribution is 4.79. The molecule has 2 heteroatoms. The first kappa shape index (κ1) is 14.0. The van der Waals surface area contributed by atoms with E-state index in [0.29, 0.717) is 5.92 Å². The van der Waals surface area contributed by atoms with E-state index in [1.54, 1.807) is 0 Å². The summed E-state index contributed by atoms with van der Waals surface area (Å²) in [5, 5.41) is 18.4. The molecule has 0 bridgehead atoms. The highest BCUT2D eigenvalue weighted by atomic mass is 16.3. The van der Waals surface area contributed by atoms with Crippen molar-refractivity contribution >= 4 is 0 Å². The number of hydrogen-bond donors (Lipinski definition) is 2. The number of hydrogen-bond acceptors (Lipinski definition) is 2. The van der Waals surface area contributed by atoms with E-state index in [9.17, 15) is 10.2 Å². The second-order valence-corrected chi connectivity index (χ2v) is 5.55. The molecule has 16 heavy (non-hydrogen) atoms. The summed E-state index contributed by atoms with van der Waals surface area (Å²) >= 11 is 0. The molecule has 0 spiro atoms. The molecule has 96 valence electrons. The minimum Gasteiger partial charge on any atom is -0.396 e. The molecule has 0 aromatic carbocycles. The quantitative estimate of drug-likeness (QED) is 0.734. The first-order valence-corrected chi connectivity index (χ1v) is 6.94. The largest absolute Gasteiger partial charge is 0.396 e. The van der Waals surface area contributed by atoms with Crippen LogP contribution in [0.1, 0.15) is 52.4 Å². The Balaban J connectivity index is 2.34. The second-order valence-electron chi connectivity index (χ2n) is 5.55. The van der Waals surface area contributed by atoms with Crippen molar-refractivity contribution in [2.45, 2.75) is 52.4 Å². The average molecular weight is 228 g/mol. The standard InChI is InChI=1S/C14H28O2/c1-3-4-12-5-7-13(8-6-12)11(2)14(9-15)10-16/h11-16H,3-10H2,1-2H3. The van der Waals surface area contributed by atoms with Crippen molar-refractivity contribution in [1.29, 1.82) is 0 Å². The van der Waals surface area contributed by atoms with Gasteiger partial charge in [0.15, 0.2) is 0 Å². The number of aliphatic hydroxyl groups is 2. The van der Waals surface area contributed by atoms with Crippen molar-refractivity contribution in [2.75, 3.05) is 13.2 Å². The fourth-order valence-corrected chi connectivity index (χ4v) is 3.19. The number of aliphatic hydroxyl groups excluding tert-OH is 2. The summed E-state index contributed by atoms with van der Waals surface area (Å²) in [5.74, 6) is 2.22. The SMILES string of the molecule is CCCC1CCC(C(C)C(CO)CO)CC1. The molecule has 0 heterocycles. The summed E-state index contributed by atoms with van der Waals surface area (Å²) in [6.45, 7) is 4.73. The molecule has 0 aliphatic heterocycles. The summed E-state index contributed by atoms with van der Waals surface area (Å²) in [7, 11) is 0. The first-order valence-electron chi connectivity index (χ1n) is 6.94. The molecular weight excluding hydrogens is 200 g/mol. The topological polar surface area (TPSA) is 40.5 Å². The minimum atomic E-state index is 0.0905. The maximum absolute atomic E-state index is 9.20. The molecule has 1 aliphatic carbocycles. The smallest absolute Gasteiger partial charge is 0.0483 e. The highest BCUT2D eigenvalue weighted by Gasteiger charge is 2.28. The van der Waals surface area contributed by atoms with Crippen LogP contribution in [0.15, 0.2) is 0 Å². The molecule has 0 saturated heterocycles. The van der Waals surface area contributed by atoms with E-state index in [0.717, 1.165) is 11.8 Å². The van der Waals surface area contributed by atoms with E-state index in [1.165, 1.54) is 38.5 Å². The molecular formula is C14H28O2. The maximum atomic E-state index is 9.20. The van der Waals surface area contributed by atoms with Crippen LogP contribution in [0.2, 0.25) is 0 Å². The lowest BCUT2D eigenvalue weighted by Crippen LogP contribution is -2.29. The zero-order valence-electron chi connectivity index (χ0n) is 10.9. The van der Waals surface area contributed by atoms with Crippen LogP contribution in [0.5, 0.6) is 0 Å². The molecule has 0 aromatic rings. The van der Waals surface area contributed by atoms with Gasteiger partial charge in [0.1, 0.15) is 0 Å². The molecule has 1 atom stereocenters. The third kappa shape index (κ3) is 3.74. The Morgan fingerprint density at radius 2 is 1.62 bits per heavy atom. The Bertz CT molecular complexity index is 170. The van der Waals surface area contributed by atoms with Gasteiger partial charge < -0.3 is 10.2 Å².